The summed E-state index contributed by atoms with van der Waals surface area (Å²) in [5, 5.41) is 12.0. The van der Waals surface area contributed by atoms with Gasteiger partial charge in [-0.1, -0.05) is 29.5 Å². The summed E-state index contributed by atoms with van der Waals surface area (Å²) in [5.41, 5.74) is 0. The predicted octanol–water partition coefficient (Wildman–Crippen LogP) is 1.48. The van der Waals surface area contributed by atoms with E-state index in [1.165, 1.54) is 0 Å². The minimum Gasteiger partial charge on any atom is -0.393 e. The lowest BCUT2D eigenvalue weighted by Gasteiger charge is -2.16. The molecule has 0 aliphatic carbocycles. The van der Waals surface area contributed by atoms with Crippen LogP contribution in [-0.4, -0.2) is 27.1 Å². The van der Waals surface area contributed by atoms with Crippen molar-refractivity contribution in [1.82, 2.24) is 5.32 Å². The molecule has 1 amide bonds. The first-order chi connectivity index (χ1) is 5.88. The first kappa shape index (κ1) is 13.2. The average molecular weight is 299 g/mol. The molecule has 2 N–H and O–H groups in total. The molecule has 0 aliphatic heterocycles. The Morgan fingerprint density at radius 3 is 2.54 bits per heavy atom. The van der Waals surface area contributed by atoms with E-state index in [9.17, 15) is 9.90 Å². The lowest BCUT2D eigenvalue weighted by atomic mass is 10.2. The number of nitrogens with one attached hydrogen (secondary N) is 1. The number of carbonyl (C=O) groups is 1. The number of amides is 1. The number of carbonyl (C=O) groups excluding carboxylic acids is 1. The van der Waals surface area contributed by atoms with Gasteiger partial charge in [0.2, 0.25) is 5.91 Å². The second kappa shape index (κ2) is 5.80. The number of halogens is 1. The van der Waals surface area contributed by atoms with Crippen LogP contribution < -0.4 is 5.32 Å². The van der Waals surface area contributed by atoms with Gasteiger partial charge in [0, 0.05) is 6.54 Å². The Kier molecular flexibility index (Phi) is 5.87. The van der Waals surface area contributed by atoms with E-state index < -0.39 is 0 Å². The third-order valence-electron chi connectivity index (χ3n) is 1.77. The molecule has 0 saturated heterocycles. The van der Waals surface area contributed by atoms with Gasteiger partial charge >= 0.3 is 0 Å². The number of aliphatic hydroxyl groups excluding tert-OH is 1. The zero-order valence-corrected chi connectivity index (χ0v) is 10.6. The molecule has 0 fully saturated rings. The molecule has 0 rings (SSSR count). The van der Waals surface area contributed by atoms with E-state index in [0.717, 1.165) is 6.42 Å². The molecule has 0 aliphatic rings. The first-order valence-electron chi connectivity index (χ1n) is 4.53. The van der Waals surface area contributed by atoms with Crippen LogP contribution in [0.25, 0.3) is 0 Å². The van der Waals surface area contributed by atoms with Crippen LogP contribution in [0.4, 0.5) is 0 Å². The van der Waals surface area contributed by atoms with Gasteiger partial charge in [-0.2, -0.15) is 0 Å². The second-order valence-electron chi connectivity index (χ2n) is 3.58. The number of hydrogen-bond acceptors (Lipinski definition) is 2. The minimum atomic E-state index is -0.366. The summed E-state index contributed by atoms with van der Waals surface area (Å²) in [7, 11) is 0. The lowest BCUT2D eigenvalue weighted by molar-refractivity contribution is -0.122. The van der Waals surface area contributed by atoms with Gasteiger partial charge in [-0.3, -0.25) is 4.79 Å². The van der Waals surface area contributed by atoms with Crippen LogP contribution in [0.1, 0.15) is 33.6 Å². The molecular weight excluding hydrogens is 281 g/mol. The van der Waals surface area contributed by atoms with Crippen LogP contribution in [-0.2, 0) is 4.79 Å². The van der Waals surface area contributed by atoms with Gasteiger partial charge < -0.3 is 10.4 Å². The summed E-state index contributed by atoms with van der Waals surface area (Å²) in [4.78, 5) is 11.3. The summed E-state index contributed by atoms with van der Waals surface area (Å²) in [6, 6.07) is 0. The van der Waals surface area contributed by atoms with Crippen molar-refractivity contribution in [1.29, 1.82) is 0 Å². The van der Waals surface area contributed by atoms with Gasteiger partial charge in [0.05, 0.1) is 9.53 Å². The average Bonchev–Trinajstić information content (AvgIpc) is 2.02. The Morgan fingerprint density at radius 2 is 2.15 bits per heavy atom. The van der Waals surface area contributed by atoms with Crippen molar-refractivity contribution in [3.63, 3.8) is 0 Å². The summed E-state index contributed by atoms with van der Waals surface area (Å²) in [6.07, 6.45) is 1.08. The largest absolute Gasteiger partial charge is 0.393 e. The summed E-state index contributed by atoms with van der Waals surface area (Å²) in [5.74, 6) is 0.0244. The topological polar surface area (TPSA) is 49.3 Å². The zero-order chi connectivity index (χ0) is 10.5. The van der Waals surface area contributed by atoms with E-state index >= 15 is 0 Å². The van der Waals surface area contributed by atoms with Crippen molar-refractivity contribution in [3.05, 3.63) is 0 Å². The van der Waals surface area contributed by atoms with Crippen LogP contribution in [0, 0.1) is 0 Å². The van der Waals surface area contributed by atoms with Crippen molar-refractivity contribution in [2.75, 3.05) is 6.54 Å². The highest BCUT2D eigenvalue weighted by atomic mass is 127. The molecule has 0 aromatic rings. The summed E-state index contributed by atoms with van der Waals surface area (Å²) >= 11 is 2.09. The molecule has 4 heteroatoms. The molecule has 0 saturated carbocycles. The maximum Gasteiger partial charge on any atom is 0.235 e. The van der Waals surface area contributed by atoms with Gasteiger partial charge in [-0.25, -0.2) is 0 Å². The van der Waals surface area contributed by atoms with Crippen molar-refractivity contribution < 1.29 is 9.90 Å². The third-order valence-corrected chi connectivity index (χ3v) is 2.26. The van der Waals surface area contributed by atoms with Gasteiger partial charge in [0.1, 0.15) is 0 Å². The standard InChI is InChI=1S/C9H18INO2/c1-4-7(12)5-6-11-8(13)9(2,3)10/h7,12H,4-6H2,1-3H3,(H,11,13). The van der Waals surface area contributed by atoms with Crippen LogP contribution in [0.3, 0.4) is 0 Å². The van der Waals surface area contributed by atoms with E-state index in [4.69, 9.17) is 0 Å². The van der Waals surface area contributed by atoms with Crippen LogP contribution in [0.5, 0.6) is 0 Å². The number of hydrogen-bond donors (Lipinski definition) is 2. The molecule has 78 valence electrons. The fraction of sp³-hybridized carbons (Fsp3) is 0.889. The van der Waals surface area contributed by atoms with Gasteiger partial charge in [-0.15, -0.1) is 0 Å². The highest BCUT2D eigenvalue weighted by molar-refractivity contribution is 14.1. The molecule has 0 spiro atoms. The van der Waals surface area contributed by atoms with Crippen LogP contribution >= 0.6 is 22.6 Å². The third kappa shape index (κ3) is 6.26. The first-order valence-corrected chi connectivity index (χ1v) is 5.61. The van der Waals surface area contributed by atoms with Crippen molar-refractivity contribution in [2.24, 2.45) is 0 Å². The lowest BCUT2D eigenvalue weighted by Crippen LogP contribution is -2.38. The number of aliphatic hydroxyl groups is 1. The Labute approximate surface area is 93.4 Å². The number of alkyl halides is 1. The molecule has 3 nitrogen and oxygen atoms in total. The molecule has 0 bridgehead atoms. The zero-order valence-electron chi connectivity index (χ0n) is 8.43. The van der Waals surface area contributed by atoms with Crippen molar-refractivity contribution in [3.8, 4) is 0 Å². The maximum absolute atomic E-state index is 11.3. The molecule has 0 aromatic heterocycles. The fourth-order valence-corrected chi connectivity index (χ4v) is 0.957. The summed E-state index contributed by atoms with van der Waals surface area (Å²) in [6.45, 7) is 6.20. The Hall–Kier alpha value is 0.160. The molecule has 1 unspecified atom stereocenters. The molecule has 1 atom stereocenters. The van der Waals surface area contributed by atoms with Crippen molar-refractivity contribution in [2.45, 2.75) is 43.1 Å². The minimum absolute atomic E-state index is 0.0244. The van der Waals surface area contributed by atoms with Gasteiger partial charge in [-0.05, 0) is 26.7 Å². The molecule has 0 aromatic carbocycles. The molecule has 0 heterocycles. The fourth-order valence-electron chi connectivity index (χ4n) is 0.767. The van der Waals surface area contributed by atoms with E-state index in [1.807, 2.05) is 20.8 Å². The molecule has 0 radical (unpaired) electrons. The van der Waals surface area contributed by atoms with Gasteiger partial charge in [0.25, 0.3) is 0 Å². The van der Waals surface area contributed by atoms with Crippen LogP contribution in [0.15, 0.2) is 0 Å². The van der Waals surface area contributed by atoms with E-state index in [2.05, 4.69) is 27.9 Å². The molecular formula is C9H18INO2. The Bertz CT molecular complexity index is 165. The smallest absolute Gasteiger partial charge is 0.235 e. The van der Waals surface area contributed by atoms with E-state index in [-0.39, 0.29) is 15.4 Å². The van der Waals surface area contributed by atoms with E-state index in [0.29, 0.717) is 13.0 Å². The van der Waals surface area contributed by atoms with E-state index in [1.54, 1.807) is 0 Å². The second-order valence-corrected chi connectivity index (χ2v) is 6.28. The summed E-state index contributed by atoms with van der Waals surface area (Å²) < 4.78 is -0.366. The maximum atomic E-state index is 11.3. The Balaban J connectivity index is 3.60. The Morgan fingerprint density at radius 1 is 1.62 bits per heavy atom. The van der Waals surface area contributed by atoms with Crippen LogP contribution in [0.2, 0.25) is 0 Å². The highest BCUT2D eigenvalue weighted by Crippen LogP contribution is 2.15. The molecule has 13 heavy (non-hydrogen) atoms. The van der Waals surface area contributed by atoms with Crippen molar-refractivity contribution >= 4 is 28.5 Å². The quantitative estimate of drug-likeness (QED) is 0.597. The highest BCUT2D eigenvalue weighted by Gasteiger charge is 2.22. The SMILES string of the molecule is CCC(O)CCNC(=O)C(C)(C)I. The monoisotopic (exact) mass is 299 g/mol. The number of rotatable bonds is 5. The van der Waals surface area contributed by atoms with Gasteiger partial charge in [0.15, 0.2) is 0 Å². The predicted molar refractivity (Wildman–Crippen MR) is 62.0 cm³/mol. The normalized spacial score (nSPS) is 13.9.